The first-order valence-electron chi connectivity index (χ1n) is 8.26. The van der Waals surface area contributed by atoms with E-state index in [0.29, 0.717) is 11.3 Å². The summed E-state index contributed by atoms with van der Waals surface area (Å²) in [5, 5.41) is 11.9. The Bertz CT molecular complexity index is 847. The summed E-state index contributed by atoms with van der Waals surface area (Å²) in [5.74, 6) is -0.969. The molecule has 2 rings (SSSR count). The summed E-state index contributed by atoms with van der Waals surface area (Å²) in [6, 6.07) is 6.32. The highest BCUT2D eigenvalue weighted by molar-refractivity contribution is 6.37. The Morgan fingerprint density at radius 1 is 1.11 bits per heavy atom. The van der Waals surface area contributed by atoms with Gasteiger partial charge in [-0.05, 0) is 55.3 Å². The first-order chi connectivity index (χ1) is 13.0. The van der Waals surface area contributed by atoms with Crippen LogP contribution in [0.25, 0.3) is 0 Å². The van der Waals surface area contributed by atoms with Crippen molar-refractivity contribution in [2.24, 2.45) is 0 Å². The van der Waals surface area contributed by atoms with Crippen LogP contribution in [0.1, 0.15) is 30.5 Å². The molecule has 0 atom stereocenters. The number of rotatable bonds is 7. The second-order valence-corrected chi connectivity index (χ2v) is 7.28. The van der Waals surface area contributed by atoms with Crippen molar-refractivity contribution in [3.8, 4) is 5.75 Å². The van der Waals surface area contributed by atoms with Crippen LogP contribution in [-0.4, -0.2) is 17.1 Å². The summed E-state index contributed by atoms with van der Waals surface area (Å²) < 4.78 is 45.0. The van der Waals surface area contributed by atoms with Crippen LogP contribution in [0.3, 0.4) is 0 Å². The van der Waals surface area contributed by atoms with Crippen molar-refractivity contribution in [2.45, 2.75) is 39.1 Å². The summed E-state index contributed by atoms with van der Waals surface area (Å²) >= 11 is 12.2. The quantitative estimate of drug-likeness (QED) is 0.556. The number of anilines is 1. The summed E-state index contributed by atoms with van der Waals surface area (Å²) in [5.41, 5.74) is 0.181. The van der Waals surface area contributed by atoms with Crippen molar-refractivity contribution in [3.63, 3.8) is 0 Å². The molecule has 0 spiro atoms. The van der Waals surface area contributed by atoms with Gasteiger partial charge in [0.25, 0.3) is 0 Å². The number of ether oxygens (including phenoxy) is 1. The van der Waals surface area contributed by atoms with Crippen molar-refractivity contribution >= 4 is 34.9 Å². The van der Waals surface area contributed by atoms with Gasteiger partial charge in [0.15, 0.2) is 5.75 Å². The van der Waals surface area contributed by atoms with Crippen molar-refractivity contribution in [2.75, 3.05) is 5.32 Å². The van der Waals surface area contributed by atoms with Crippen molar-refractivity contribution in [3.05, 3.63) is 57.1 Å². The number of halogens is 5. The Morgan fingerprint density at radius 3 is 2.21 bits per heavy atom. The molecule has 0 saturated heterocycles. The van der Waals surface area contributed by atoms with Crippen molar-refractivity contribution < 1.29 is 27.8 Å². The van der Waals surface area contributed by atoms with E-state index in [9.17, 15) is 18.0 Å². The Morgan fingerprint density at radius 2 is 1.71 bits per heavy atom. The minimum Gasteiger partial charge on any atom is -0.486 e. The van der Waals surface area contributed by atoms with E-state index in [1.165, 1.54) is 12.1 Å². The third-order valence-corrected chi connectivity index (χ3v) is 4.13. The first-order valence-corrected chi connectivity index (χ1v) is 9.01. The lowest BCUT2D eigenvalue weighted by Crippen LogP contribution is -2.13. The molecule has 2 N–H and O–H groups in total. The summed E-state index contributed by atoms with van der Waals surface area (Å²) in [6.45, 7) is 3.43. The Balaban J connectivity index is 2.27. The van der Waals surface area contributed by atoms with Crippen LogP contribution in [-0.2, 0) is 24.0 Å². The van der Waals surface area contributed by atoms with E-state index in [1.54, 1.807) is 6.07 Å². The summed E-state index contributed by atoms with van der Waals surface area (Å²) in [7, 11) is 0. The molecule has 0 aromatic heterocycles. The highest BCUT2D eigenvalue weighted by Crippen LogP contribution is 2.36. The van der Waals surface area contributed by atoms with E-state index in [1.807, 2.05) is 13.8 Å². The first kappa shape index (κ1) is 22.2. The van der Waals surface area contributed by atoms with Crippen LogP contribution < -0.4 is 10.1 Å². The van der Waals surface area contributed by atoms with Crippen LogP contribution in [0.15, 0.2) is 30.3 Å². The molecular weight excluding hydrogens is 418 g/mol. The predicted molar refractivity (Wildman–Crippen MR) is 102 cm³/mol. The van der Waals surface area contributed by atoms with E-state index >= 15 is 0 Å². The van der Waals surface area contributed by atoms with Gasteiger partial charge in [0.2, 0.25) is 0 Å². The predicted octanol–water partition coefficient (Wildman–Crippen LogP) is 6.04. The van der Waals surface area contributed by atoms with Crippen LogP contribution in [0.5, 0.6) is 5.75 Å². The smallest absolute Gasteiger partial charge is 0.416 e. The molecule has 0 heterocycles. The highest BCUT2D eigenvalue weighted by Gasteiger charge is 2.31. The van der Waals surface area contributed by atoms with Crippen LogP contribution in [0, 0.1) is 0 Å². The minimum atomic E-state index is -4.50. The fourth-order valence-electron chi connectivity index (χ4n) is 2.54. The molecule has 4 nitrogen and oxygen atoms in total. The normalized spacial score (nSPS) is 11.6. The summed E-state index contributed by atoms with van der Waals surface area (Å²) in [4.78, 5) is 10.8. The lowest BCUT2D eigenvalue weighted by atomic mass is 10.1. The molecule has 2 aromatic carbocycles. The zero-order chi connectivity index (χ0) is 21.1. The average Bonchev–Trinajstić information content (AvgIpc) is 2.51. The molecule has 0 unspecified atom stereocenters. The lowest BCUT2D eigenvalue weighted by Gasteiger charge is -2.16. The Labute approximate surface area is 170 Å². The number of hydrogen-bond acceptors (Lipinski definition) is 3. The van der Waals surface area contributed by atoms with Gasteiger partial charge in [-0.1, -0.05) is 23.2 Å². The number of nitrogens with one attached hydrogen (secondary N) is 1. The van der Waals surface area contributed by atoms with E-state index in [4.69, 9.17) is 33.0 Å². The molecule has 0 saturated carbocycles. The number of aliphatic carboxylic acids is 1. The van der Waals surface area contributed by atoms with Gasteiger partial charge >= 0.3 is 12.1 Å². The van der Waals surface area contributed by atoms with Gasteiger partial charge in [0.05, 0.1) is 22.0 Å². The van der Waals surface area contributed by atoms with Gasteiger partial charge in [-0.15, -0.1) is 0 Å². The molecule has 0 bridgehead atoms. The molecule has 0 fully saturated rings. The summed E-state index contributed by atoms with van der Waals surface area (Å²) in [6.07, 6.45) is -4.77. The van der Waals surface area contributed by atoms with Crippen LogP contribution in [0.2, 0.25) is 10.0 Å². The fraction of sp³-hybridized carbons (Fsp3) is 0.316. The van der Waals surface area contributed by atoms with Gasteiger partial charge in [-0.25, -0.2) is 0 Å². The molecule has 28 heavy (non-hydrogen) atoms. The maximum atomic E-state index is 13.2. The van der Waals surface area contributed by atoms with Gasteiger partial charge in [-0.3, -0.25) is 4.79 Å². The number of carbonyl (C=O) groups is 1. The minimum absolute atomic E-state index is 0.0529. The van der Waals surface area contributed by atoms with Gasteiger partial charge in [-0.2, -0.15) is 13.2 Å². The monoisotopic (exact) mass is 435 g/mol. The lowest BCUT2D eigenvalue weighted by molar-refractivity contribution is -0.138. The Hall–Kier alpha value is -2.12. The largest absolute Gasteiger partial charge is 0.486 e. The van der Waals surface area contributed by atoms with Gasteiger partial charge in [0.1, 0.15) is 6.61 Å². The zero-order valence-corrected chi connectivity index (χ0v) is 16.5. The maximum Gasteiger partial charge on any atom is 0.416 e. The van der Waals surface area contributed by atoms with Gasteiger partial charge in [0, 0.05) is 11.7 Å². The number of alkyl halides is 3. The van der Waals surface area contributed by atoms with Crippen molar-refractivity contribution in [1.29, 1.82) is 0 Å². The highest BCUT2D eigenvalue weighted by atomic mass is 35.5. The molecule has 9 heteroatoms. The van der Waals surface area contributed by atoms with E-state index in [-0.39, 0.29) is 40.4 Å². The third-order valence-electron chi connectivity index (χ3n) is 3.57. The number of carboxylic acid groups (broad SMARTS) is 1. The molecular formula is C19H18Cl2F3NO3. The third kappa shape index (κ3) is 6.21. The van der Waals surface area contributed by atoms with Crippen LogP contribution in [0.4, 0.5) is 18.9 Å². The average molecular weight is 436 g/mol. The second-order valence-electron chi connectivity index (χ2n) is 6.46. The SMILES string of the molecule is CC(C)Nc1cc(COc2c(Cl)cc(CC(=O)O)cc2Cl)cc(C(F)(F)F)c1. The molecule has 0 radical (unpaired) electrons. The topological polar surface area (TPSA) is 58.6 Å². The molecule has 152 valence electrons. The number of hydrogen-bond donors (Lipinski definition) is 2. The van der Waals surface area contributed by atoms with Crippen molar-refractivity contribution in [1.82, 2.24) is 0 Å². The number of benzene rings is 2. The van der Waals surface area contributed by atoms with E-state index < -0.39 is 17.7 Å². The molecule has 0 aliphatic carbocycles. The van der Waals surface area contributed by atoms with Gasteiger partial charge < -0.3 is 15.2 Å². The number of carboxylic acids is 1. The van der Waals surface area contributed by atoms with E-state index in [0.717, 1.165) is 12.1 Å². The molecule has 0 amide bonds. The molecule has 0 aliphatic rings. The Kier molecular flexibility index (Phi) is 7.06. The standard InChI is InChI=1S/C19H18Cl2F3NO3/c1-10(2)25-14-4-12(3-13(8-14)19(22,23)24)9-28-18-15(20)5-11(6-16(18)21)7-17(26)27/h3-6,8,10,25H,7,9H2,1-2H3,(H,26,27). The van der Waals surface area contributed by atoms with Crippen LogP contribution >= 0.6 is 23.2 Å². The zero-order valence-electron chi connectivity index (χ0n) is 15.0. The second kappa shape index (κ2) is 8.92. The molecule has 0 aliphatic heterocycles. The molecule has 2 aromatic rings. The maximum absolute atomic E-state index is 13.2. The van der Waals surface area contributed by atoms with E-state index in [2.05, 4.69) is 5.32 Å². The fourth-order valence-corrected chi connectivity index (χ4v) is 3.18.